The molecule has 1 saturated carbocycles. The molecule has 0 radical (unpaired) electrons. The minimum absolute atomic E-state index is 0.0188. The molecule has 2 aliphatic rings. The zero-order valence-corrected chi connectivity index (χ0v) is 27.1. The summed E-state index contributed by atoms with van der Waals surface area (Å²) in [7, 11) is 0. The van der Waals surface area contributed by atoms with E-state index in [0.717, 1.165) is 40.7 Å². The predicted octanol–water partition coefficient (Wildman–Crippen LogP) is 7.07. The molecule has 6 rings (SSSR count). The van der Waals surface area contributed by atoms with Crippen LogP contribution in [-0.4, -0.2) is 29.6 Å². The third-order valence-corrected chi connectivity index (χ3v) is 9.24. The molecule has 1 aliphatic heterocycles. The molecule has 0 bridgehead atoms. The fraction of sp³-hybridized carbons (Fsp3) is 0.231. The number of nitrogens with one attached hydrogen (secondary N) is 1. The summed E-state index contributed by atoms with van der Waals surface area (Å²) in [6.07, 6.45) is 3.02. The zero-order chi connectivity index (χ0) is 33.8. The predicted molar refractivity (Wildman–Crippen MR) is 187 cm³/mol. The summed E-state index contributed by atoms with van der Waals surface area (Å²) < 4.78 is 13.9. The number of carbonyl (C=O) groups excluding carboxylic acids is 3. The van der Waals surface area contributed by atoms with E-state index in [1.807, 2.05) is 78.9 Å². The number of fused-ring (bicyclic) bond motifs is 1. The molecule has 4 aromatic rings. The molecule has 0 saturated heterocycles. The Bertz CT molecular complexity index is 1890. The number of benzodiazepines with no additional fused rings is 1. The highest BCUT2D eigenvalue weighted by molar-refractivity contribution is 6.31. The number of hydrogen-bond donors (Lipinski definition) is 2. The van der Waals surface area contributed by atoms with Crippen LogP contribution in [0.15, 0.2) is 115 Å². The maximum Gasteiger partial charge on any atom is 0.272 e. The van der Waals surface area contributed by atoms with Gasteiger partial charge in [-0.15, -0.1) is 6.58 Å². The molecule has 4 aromatic carbocycles. The first-order chi connectivity index (χ1) is 23.2. The molecule has 1 heterocycles. The number of nitrogens with zero attached hydrogens (tertiary/aromatic N) is 2. The van der Waals surface area contributed by atoms with E-state index in [9.17, 15) is 18.8 Å². The lowest BCUT2D eigenvalue weighted by Crippen LogP contribution is -2.50. The minimum atomic E-state index is -1.28. The quantitative estimate of drug-likeness (QED) is 0.159. The van der Waals surface area contributed by atoms with Crippen LogP contribution in [0.5, 0.6) is 0 Å². The van der Waals surface area contributed by atoms with Gasteiger partial charge in [0.15, 0.2) is 0 Å². The normalized spacial score (nSPS) is 17.0. The largest absolute Gasteiger partial charge is 0.369 e. The number of para-hydroxylation sites is 1. The van der Waals surface area contributed by atoms with E-state index in [1.165, 1.54) is 6.07 Å². The van der Waals surface area contributed by atoms with Gasteiger partial charge in [-0.2, -0.15) is 0 Å². The number of carbonyl (C=O) groups is 3. The molecule has 3 N–H and O–H groups in total. The van der Waals surface area contributed by atoms with Crippen LogP contribution in [0.3, 0.4) is 0 Å². The summed E-state index contributed by atoms with van der Waals surface area (Å²) in [5, 5.41) is 2.94. The van der Waals surface area contributed by atoms with Gasteiger partial charge in [-0.25, -0.2) is 9.38 Å². The third-order valence-electron chi connectivity index (χ3n) is 8.95. The van der Waals surface area contributed by atoms with Gasteiger partial charge in [0, 0.05) is 11.1 Å². The summed E-state index contributed by atoms with van der Waals surface area (Å²) in [5.41, 5.74) is 10.8. The summed E-state index contributed by atoms with van der Waals surface area (Å²) in [5.74, 6) is -3.11. The van der Waals surface area contributed by atoms with E-state index in [-0.39, 0.29) is 18.0 Å². The second kappa shape index (κ2) is 14.4. The maximum atomic E-state index is 14.6. The van der Waals surface area contributed by atoms with Gasteiger partial charge >= 0.3 is 0 Å². The summed E-state index contributed by atoms with van der Waals surface area (Å²) in [6, 6.07) is 29.2. The van der Waals surface area contributed by atoms with Crippen molar-refractivity contribution in [3.05, 3.63) is 137 Å². The van der Waals surface area contributed by atoms with Crippen LogP contribution in [0.4, 0.5) is 10.1 Å². The molecule has 3 atom stereocenters. The third kappa shape index (κ3) is 7.24. The van der Waals surface area contributed by atoms with Gasteiger partial charge in [0.05, 0.1) is 34.8 Å². The van der Waals surface area contributed by atoms with E-state index in [4.69, 9.17) is 22.3 Å². The van der Waals surface area contributed by atoms with E-state index >= 15 is 0 Å². The lowest BCUT2D eigenvalue weighted by atomic mass is 9.84. The van der Waals surface area contributed by atoms with Crippen LogP contribution in [0.1, 0.15) is 42.4 Å². The topological polar surface area (TPSA) is 105 Å². The Balaban J connectivity index is 1.40. The first kappa shape index (κ1) is 32.8. The van der Waals surface area contributed by atoms with Crippen LogP contribution in [0.25, 0.3) is 11.1 Å². The van der Waals surface area contributed by atoms with Crippen molar-refractivity contribution in [2.24, 2.45) is 28.5 Å². The Kier molecular flexibility index (Phi) is 9.82. The number of benzene rings is 4. The maximum absolute atomic E-state index is 14.6. The Morgan fingerprint density at radius 2 is 1.67 bits per heavy atom. The molecule has 0 spiro atoms. The van der Waals surface area contributed by atoms with Crippen molar-refractivity contribution < 1.29 is 18.8 Å². The second-order valence-electron chi connectivity index (χ2n) is 12.3. The average Bonchev–Trinajstić information content (AvgIpc) is 3.93. The number of allylic oxidation sites excluding steroid dienone is 1. The number of aliphatic imine (C=N–C) groups is 1. The Labute approximate surface area is 284 Å². The lowest BCUT2D eigenvalue weighted by Gasteiger charge is -2.28. The molecule has 9 heteroatoms. The SMILES string of the molecule is C=CCC(C(N)=O)C(CC1CC1)C(=O)NC1N=C(c2ccccc2)c2ccccc2N(Cc2cccc(-c3ccc(F)c(Cl)c3)c2)C1=O. The molecular weight excluding hydrogens is 627 g/mol. The first-order valence-electron chi connectivity index (χ1n) is 16.0. The van der Waals surface area contributed by atoms with Crippen molar-refractivity contribution in [3.8, 4) is 11.1 Å². The van der Waals surface area contributed by atoms with Crippen LogP contribution in [0.2, 0.25) is 5.02 Å². The van der Waals surface area contributed by atoms with Crippen molar-refractivity contribution in [1.82, 2.24) is 5.32 Å². The van der Waals surface area contributed by atoms with Crippen molar-refractivity contribution >= 4 is 40.7 Å². The van der Waals surface area contributed by atoms with Crippen LogP contribution in [-0.2, 0) is 20.9 Å². The number of primary amides is 1. The standard InChI is InChI=1S/C39H36ClFN4O3/c1-2-9-29(36(42)46)31(21-24-16-17-24)38(47)44-37-39(48)45(23-25-10-8-13-27(20-25)28-18-19-33(41)32(40)22-28)34-15-7-6-14-30(34)35(43-37)26-11-4-3-5-12-26/h2-8,10-15,18-20,22,24,29,31,37H,1,9,16-17,21,23H2,(H2,42,46)(H,44,47). The van der Waals surface area contributed by atoms with Gasteiger partial charge in [0.2, 0.25) is 18.0 Å². The molecule has 1 fully saturated rings. The van der Waals surface area contributed by atoms with Gasteiger partial charge in [-0.05, 0) is 59.7 Å². The molecule has 1 aliphatic carbocycles. The number of halogens is 2. The number of nitrogens with two attached hydrogens (primary N) is 1. The average molecular weight is 663 g/mol. The Hall–Kier alpha value is -5.08. The van der Waals surface area contributed by atoms with E-state index in [1.54, 1.807) is 23.1 Å². The number of rotatable bonds is 12. The van der Waals surface area contributed by atoms with E-state index in [0.29, 0.717) is 23.7 Å². The fourth-order valence-electron chi connectivity index (χ4n) is 6.29. The van der Waals surface area contributed by atoms with Gasteiger partial charge in [-0.3, -0.25) is 14.4 Å². The van der Waals surface area contributed by atoms with Crippen LogP contribution in [0, 0.1) is 23.6 Å². The van der Waals surface area contributed by atoms with Gasteiger partial charge in [-0.1, -0.05) is 103 Å². The van der Waals surface area contributed by atoms with Gasteiger partial charge in [0.1, 0.15) is 5.82 Å². The molecule has 48 heavy (non-hydrogen) atoms. The molecule has 3 unspecified atom stereocenters. The van der Waals surface area contributed by atoms with Crippen molar-refractivity contribution in [2.45, 2.75) is 38.4 Å². The molecule has 3 amide bonds. The fourth-order valence-corrected chi connectivity index (χ4v) is 6.47. The molecule has 7 nitrogen and oxygen atoms in total. The second-order valence-corrected chi connectivity index (χ2v) is 12.8. The Morgan fingerprint density at radius 3 is 2.38 bits per heavy atom. The van der Waals surface area contributed by atoms with Crippen molar-refractivity contribution in [1.29, 1.82) is 0 Å². The van der Waals surface area contributed by atoms with E-state index in [2.05, 4.69) is 11.9 Å². The zero-order valence-electron chi connectivity index (χ0n) is 26.3. The first-order valence-corrected chi connectivity index (χ1v) is 16.4. The van der Waals surface area contributed by atoms with Crippen LogP contribution >= 0.6 is 11.6 Å². The highest BCUT2D eigenvalue weighted by Gasteiger charge is 2.40. The van der Waals surface area contributed by atoms with Crippen LogP contribution < -0.4 is 16.0 Å². The molecular formula is C39H36ClFN4O3. The number of anilines is 1. The Morgan fingerprint density at radius 1 is 0.958 bits per heavy atom. The van der Waals surface area contributed by atoms with Crippen molar-refractivity contribution in [2.75, 3.05) is 4.90 Å². The highest BCUT2D eigenvalue weighted by Crippen LogP contribution is 2.39. The highest BCUT2D eigenvalue weighted by atomic mass is 35.5. The number of hydrogen-bond acceptors (Lipinski definition) is 4. The summed E-state index contributed by atoms with van der Waals surface area (Å²) in [6.45, 7) is 3.93. The van der Waals surface area contributed by atoms with Gasteiger partial charge < -0.3 is 16.0 Å². The molecule has 244 valence electrons. The summed E-state index contributed by atoms with van der Waals surface area (Å²) >= 11 is 6.08. The lowest BCUT2D eigenvalue weighted by molar-refractivity contribution is -0.135. The number of amides is 3. The summed E-state index contributed by atoms with van der Waals surface area (Å²) in [4.78, 5) is 47.7. The monoisotopic (exact) mass is 662 g/mol. The minimum Gasteiger partial charge on any atom is -0.369 e. The van der Waals surface area contributed by atoms with Crippen molar-refractivity contribution in [3.63, 3.8) is 0 Å². The van der Waals surface area contributed by atoms with E-state index < -0.39 is 41.5 Å². The molecule has 0 aromatic heterocycles. The van der Waals surface area contributed by atoms with Gasteiger partial charge in [0.25, 0.3) is 5.91 Å². The smallest absolute Gasteiger partial charge is 0.272 e.